The Hall–Kier alpha value is -1.59. The highest BCUT2D eigenvalue weighted by Crippen LogP contribution is 2.09. The number of carboxylic acids is 2. The summed E-state index contributed by atoms with van der Waals surface area (Å²) in [6.07, 6.45) is 8.92. The van der Waals surface area contributed by atoms with Gasteiger partial charge in [0, 0.05) is 12.8 Å². The molecule has 0 saturated heterocycles. The first-order valence-corrected chi connectivity index (χ1v) is 8.21. The van der Waals surface area contributed by atoms with E-state index in [9.17, 15) is 14.4 Å². The zero-order chi connectivity index (χ0) is 16.8. The number of nitrogens with one attached hydrogen (secondary N) is 1. The number of carboxylic acid groups (broad SMARTS) is 2. The summed E-state index contributed by atoms with van der Waals surface area (Å²) in [6.45, 7) is 2.18. The van der Waals surface area contributed by atoms with Crippen LogP contribution in [0.3, 0.4) is 0 Å². The van der Waals surface area contributed by atoms with Gasteiger partial charge in [-0.05, 0) is 12.8 Å². The highest BCUT2D eigenvalue weighted by molar-refractivity contribution is 5.83. The number of aliphatic carboxylic acids is 2. The van der Waals surface area contributed by atoms with Gasteiger partial charge in [0.25, 0.3) is 0 Å². The first-order valence-electron chi connectivity index (χ1n) is 8.21. The van der Waals surface area contributed by atoms with Crippen LogP contribution in [-0.2, 0) is 14.4 Å². The highest BCUT2D eigenvalue weighted by Gasteiger charge is 2.20. The molecule has 3 N–H and O–H groups in total. The molecule has 0 rings (SSSR count). The minimum atomic E-state index is -1.19. The molecule has 0 bridgehead atoms. The van der Waals surface area contributed by atoms with Crippen molar-refractivity contribution in [2.45, 2.75) is 83.6 Å². The molecule has 0 aromatic rings. The van der Waals surface area contributed by atoms with Gasteiger partial charge in [-0.15, -0.1) is 0 Å². The van der Waals surface area contributed by atoms with Crippen molar-refractivity contribution in [3.8, 4) is 0 Å². The Morgan fingerprint density at radius 1 is 0.864 bits per heavy atom. The molecule has 0 heterocycles. The quantitative estimate of drug-likeness (QED) is 0.428. The maximum Gasteiger partial charge on any atom is 0.326 e. The summed E-state index contributed by atoms with van der Waals surface area (Å²) in [4.78, 5) is 33.0. The predicted molar refractivity (Wildman–Crippen MR) is 83.7 cm³/mol. The first kappa shape index (κ1) is 20.4. The summed E-state index contributed by atoms with van der Waals surface area (Å²) in [5.74, 6) is -2.57. The predicted octanol–water partition coefficient (Wildman–Crippen LogP) is 2.95. The summed E-state index contributed by atoms with van der Waals surface area (Å²) in [6, 6.07) is -1.11. The molecular weight excluding hydrogens is 286 g/mol. The monoisotopic (exact) mass is 315 g/mol. The largest absolute Gasteiger partial charge is 0.481 e. The van der Waals surface area contributed by atoms with E-state index in [-0.39, 0.29) is 18.7 Å². The van der Waals surface area contributed by atoms with Gasteiger partial charge in [-0.2, -0.15) is 0 Å². The molecule has 0 aliphatic rings. The van der Waals surface area contributed by atoms with Crippen LogP contribution < -0.4 is 5.32 Å². The molecule has 22 heavy (non-hydrogen) atoms. The second-order valence-electron chi connectivity index (χ2n) is 5.62. The van der Waals surface area contributed by atoms with Crippen LogP contribution in [0.15, 0.2) is 0 Å². The lowest BCUT2D eigenvalue weighted by atomic mass is 10.1. The van der Waals surface area contributed by atoms with Gasteiger partial charge in [0.05, 0.1) is 0 Å². The molecule has 0 spiro atoms. The van der Waals surface area contributed by atoms with Gasteiger partial charge in [0.1, 0.15) is 6.04 Å². The fourth-order valence-corrected chi connectivity index (χ4v) is 2.21. The lowest BCUT2D eigenvalue weighted by molar-refractivity contribution is -0.143. The van der Waals surface area contributed by atoms with E-state index in [1.165, 1.54) is 32.1 Å². The van der Waals surface area contributed by atoms with Crippen LogP contribution in [0.5, 0.6) is 0 Å². The van der Waals surface area contributed by atoms with E-state index in [0.29, 0.717) is 6.42 Å². The van der Waals surface area contributed by atoms with Crippen LogP contribution in [-0.4, -0.2) is 34.1 Å². The maximum atomic E-state index is 11.7. The molecule has 1 unspecified atom stereocenters. The molecule has 0 aromatic heterocycles. The minimum Gasteiger partial charge on any atom is -0.481 e. The molecule has 0 fully saturated rings. The van der Waals surface area contributed by atoms with Gasteiger partial charge in [-0.25, -0.2) is 4.79 Å². The van der Waals surface area contributed by atoms with Crippen LogP contribution in [0, 0.1) is 0 Å². The maximum absolute atomic E-state index is 11.7. The lowest BCUT2D eigenvalue weighted by Crippen LogP contribution is -2.41. The van der Waals surface area contributed by atoms with Crippen molar-refractivity contribution < 1.29 is 24.6 Å². The summed E-state index contributed by atoms with van der Waals surface area (Å²) in [5.41, 5.74) is 0. The number of hydrogen-bond donors (Lipinski definition) is 3. The van der Waals surface area contributed by atoms with Crippen molar-refractivity contribution in [3.63, 3.8) is 0 Å². The van der Waals surface area contributed by atoms with E-state index >= 15 is 0 Å². The van der Waals surface area contributed by atoms with Crippen molar-refractivity contribution in [1.82, 2.24) is 5.32 Å². The number of carbonyl (C=O) groups excluding carboxylic acids is 1. The van der Waals surface area contributed by atoms with Crippen LogP contribution in [0.4, 0.5) is 0 Å². The summed E-state index contributed by atoms with van der Waals surface area (Å²) in [5, 5.41) is 19.9. The van der Waals surface area contributed by atoms with Crippen molar-refractivity contribution >= 4 is 17.8 Å². The highest BCUT2D eigenvalue weighted by atomic mass is 16.4. The van der Waals surface area contributed by atoms with E-state index in [2.05, 4.69) is 12.2 Å². The molecule has 0 aliphatic carbocycles. The third-order valence-corrected chi connectivity index (χ3v) is 3.54. The number of carbonyl (C=O) groups is 3. The third-order valence-electron chi connectivity index (χ3n) is 3.54. The van der Waals surface area contributed by atoms with Gasteiger partial charge < -0.3 is 15.5 Å². The smallest absolute Gasteiger partial charge is 0.326 e. The molecular formula is C16H29NO5. The van der Waals surface area contributed by atoms with Crippen LogP contribution >= 0.6 is 0 Å². The number of rotatable bonds is 14. The number of unbranched alkanes of at least 4 members (excludes halogenated alkanes) is 7. The Morgan fingerprint density at radius 2 is 1.41 bits per heavy atom. The Balaban J connectivity index is 3.72. The minimum absolute atomic E-state index is 0.0894. The molecule has 6 heteroatoms. The zero-order valence-electron chi connectivity index (χ0n) is 13.5. The molecule has 128 valence electrons. The Bertz CT molecular complexity index is 343. The molecule has 0 saturated carbocycles. The first-order chi connectivity index (χ1) is 10.5. The summed E-state index contributed by atoms with van der Waals surface area (Å²) >= 11 is 0. The number of amides is 1. The Morgan fingerprint density at radius 3 is 1.91 bits per heavy atom. The van der Waals surface area contributed by atoms with E-state index < -0.39 is 18.0 Å². The third kappa shape index (κ3) is 12.2. The lowest BCUT2D eigenvalue weighted by Gasteiger charge is -2.13. The summed E-state index contributed by atoms with van der Waals surface area (Å²) < 4.78 is 0. The molecule has 0 radical (unpaired) electrons. The van der Waals surface area contributed by atoms with Gasteiger partial charge >= 0.3 is 11.9 Å². The molecule has 0 aromatic carbocycles. The van der Waals surface area contributed by atoms with Gasteiger partial charge in [0.15, 0.2) is 0 Å². The SMILES string of the molecule is CCCCCCCCCCC(=O)NC(CCC(=O)O)C(=O)O. The van der Waals surface area contributed by atoms with Gasteiger partial charge in [0.2, 0.25) is 5.91 Å². The normalized spacial score (nSPS) is 11.9. The fourth-order valence-electron chi connectivity index (χ4n) is 2.21. The van der Waals surface area contributed by atoms with Crippen LogP contribution in [0.25, 0.3) is 0 Å². The zero-order valence-corrected chi connectivity index (χ0v) is 13.5. The van der Waals surface area contributed by atoms with Crippen molar-refractivity contribution in [3.05, 3.63) is 0 Å². The molecule has 1 atom stereocenters. The van der Waals surface area contributed by atoms with Gasteiger partial charge in [-0.1, -0.05) is 51.9 Å². The van der Waals surface area contributed by atoms with E-state index in [0.717, 1.165) is 19.3 Å². The summed E-state index contributed by atoms with van der Waals surface area (Å²) in [7, 11) is 0. The number of hydrogen-bond acceptors (Lipinski definition) is 3. The van der Waals surface area contributed by atoms with E-state index in [1.54, 1.807) is 0 Å². The van der Waals surface area contributed by atoms with Crippen molar-refractivity contribution in [1.29, 1.82) is 0 Å². The molecule has 1 amide bonds. The molecule has 6 nitrogen and oxygen atoms in total. The Labute approximate surface area is 132 Å². The Kier molecular flexibility index (Phi) is 12.2. The topological polar surface area (TPSA) is 104 Å². The van der Waals surface area contributed by atoms with Crippen molar-refractivity contribution in [2.24, 2.45) is 0 Å². The van der Waals surface area contributed by atoms with Gasteiger partial charge in [-0.3, -0.25) is 9.59 Å². The second-order valence-corrected chi connectivity index (χ2v) is 5.62. The molecule has 0 aliphatic heterocycles. The fraction of sp³-hybridized carbons (Fsp3) is 0.812. The standard InChI is InChI=1S/C16H29NO5/c1-2-3-4-5-6-7-8-9-10-14(18)17-13(16(21)22)11-12-15(19)20/h13H,2-12H2,1H3,(H,17,18)(H,19,20)(H,21,22). The van der Waals surface area contributed by atoms with E-state index in [1.807, 2.05) is 0 Å². The van der Waals surface area contributed by atoms with Crippen molar-refractivity contribution in [2.75, 3.05) is 0 Å². The average molecular weight is 315 g/mol. The van der Waals surface area contributed by atoms with E-state index in [4.69, 9.17) is 10.2 Å². The second kappa shape index (κ2) is 13.1. The van der Waals surface area contributed by atoms with Crippen LogP contribution in [0.2, 0.25) is 0 Å². The average Bonchev–Trinajstić information content (AvgIpc) is 2.45. The van der Waals surface area contributed by atoms with Crippen LogP contribution in [0.1, 0.15) is 77.6 Å².